The van der Waals surface area contributed by atoms with Gasteiger partial charge in [-0.1, -0.05) is 49.3 Å². The van der Waals surface area contributed by atoms with E-state index in [9.17, 15) is 13.2 Å². The molecule has 1 amide bonds. The fraction of sp³-hybridized carbons (Fsp3) is 0.263. The zero-order valence-electron chi connectivity index (χ0n) is 15.9. The molecule has 3 rings (SSSR count). The van der Waals surface area contributed by atoms with E-state index in [0.717, 1.165) is 14.6 Å². The minimum atomic E-state index is -3.64. The molecule has 0 radical (unpaired) electrons. The molecular weight excluding hydrogens is 450 g/mol. The van der Waals surface area contributed by atoms with Gasteiger partial charge < -0.3 is 5.32 Å². The molecule has 10 heteroatoms. The smallest absolute Gasteiger partial charge is 0.243 e. The van der Waals surface area contributed by atoms with E-state index in [1.165, 1.54) is 45.6 Å². The number of rotatable bonds is 8. The van der Waals surface area contributed by atoms with Gasteiger partial charge in [0.2, 0.25) is 15.9 Å². The quantitative estimate of drug-likeness (QED) is 0.483. The molecule has 2 aromatic carbocycles. The Balaban J connectivity index is 1.71. The summed E-state index contributed by atoms with van der Waals surface area (Å²) in [7, 11) is -3.64. The second-order valence-corrected chi connectivity index (χ2v) is 10.6. The maximum Gasteiger partial charge on any atom is 0.243 e. The number of fused-ring (bicyclic) bond motifs is 1. The number of amides is 1. The molecule has 6 nitrogen and oxygen atoms in total. The molecule has 0 atom stereocenters. The second-order valence-electron chi connectivity index (χ2n) is 6.02. The van der Waals surface area contributed by atoms with E-state index in [0.29, 0.717) is 13.1 Å². The van der Waals surface area contributed by atoms with Crippen LogP contribution < -0.4 is 5.32 Å². The van der Waals surface area contributed by atoms with Gasteiger partial charge in [-0.2, -0.15) is 4.31 Å². The number of nitrogens with one attached hydrogen (secondary N) is 1. The summed E-state index contributed by atoms with van der Waals surface area (Å²) in [5.74, 6) is -0.142. The molecular formula is C19H20ClN3O3S3. The molecule has 29 heavy (non-hydrogen) atoms. The summed E-state index contributed by atoms with van der Waals surface area (Å²) in [6.45, 7) is 4.28. The van der Waals surface area contributed by atoms with E-state index in [-0.39, 0.29) is 27.3 Å². The van der Waals surface area contributed by atoms with Crippen LogP contribution in [0.5, 0.6) is 0 Å². The van der Waals surface area contributed by atoms with Gasteiger partial charge in [-0.25, -0.2) is 13.4 Å². The summed E-state index contributed by atoms with van der Waals surface area (Å²) >= 11 is 9.02. The summed E-state index contributed by atoms with van der Waals surface area (Å²) < 4.78 is 28.6. The fourth-order valence-electron chi connectivity index (χ4n) is 2.70. The average molecular weight is 470 g/mol. The number of thioether (sulfide) groups is 1. The lowest BCUT2D eigenvalue weighted by atomic mass is 10.3. The highest BCUT2D eigenvalue weighted by Crippen LogP contribution is 2.30. The van der Waals surface area contributed by atoms with Gasteiger partial charge in [0.05, 0.1) is 31.6 Å². The van der Waals surface area contributed by atoms with Gasteiger partial charge in [-0.3, -0.25) is 4.79 Å². The lowest BCUT2D eigenvalue weighted by Crippen LogP contribution is -2.30. The lowest BCUT2D eigenvalue weighted by molar-refractivity contribution is -0.113. The summed E-state index contributed by atoms with van der Waals surface area (Å²) in [6, 6.07) is 12.1. The number of sulfonamides is 1. The summed E-state index contributed by atoms with van der Waals surface area (Å²) in [4.78, 5) is 17.0. The first-order chi connectivity index (χ1) is 13.8. The zero-order chi connectivity index (χ0) is 21.0. The highest BCUT2D eigenvalue weighted by molar-refractivity contribution is 8.01. The van der Waals surface area contributed by atoms with Crippen molar-refractivity contribution in [3.8, 4) is 0 Å². The third kappa shape index (κ3) is 5.10. The van der Waals surface area contributed by atoms with Gasteiger partial charge in [0, 0.05) is 13.1 Å². The Labute approximate surface area is 183 Å². The van der Waals surface area contributed by atoms with Gasteiger partial charge in [0.1, 0.15) is 0 Å². The number of hydrogen-bond donors (Lipinski definition) is 1. The molecule has 0 aliphatic heterocycles. The Morgan fingerprint density at radius 3 is 2.62 bits per heavy atom. The number of aromatic nitrogens is 1. The molecule has 0 fully saturated rings. The molecule has 1 aromatic heterocycles. The maximum atomic E-state index is 12.7. The number of thiazole rings is 1. The molecule has 154 valence electrons. The van der Waals surface area contributed by atoms with Crippen LogP contribution in [0.4, 0.5) is 5.69 Å². The van der Waals surface area contributed by atoms with Crippen molar-refractivity contribution < 1.29 is 13.2 Å². The van der Waals surface area contributed by atoms with Crippen LogP contribution >= 0.6 is 34.7 Å². The Hall–Kier alpha value is -1.65. The van der Waals surface area contributed by atoms with Crippen LogP contribution in [0.3, 0.4) is 0 Å². The normalized spacial score (nSPS) is 11.9. The van der Waals surface area contributed by atoms with Crippen LogP contribution in [0, 0.1) is 0 Å². The average Bonchev–Trinajstić information content (AvgIpc) is 3.12. The van der Waals surface area contributed by atoms with Gasteiger partial charge in [0.15, 0.2) is 4.34 Å². The van der Waals surface area contributed by atoms with Crippen molar-refractivity contribution in [2.45, 2.75) is 23.1 Å². The molecule has 1 N–H and O–H groups in total. The van der Waals surface area contributed by atoms with Crippen molar-refractivity contribution in [3.63, 3.8) is 0 Å². The lowest BCUT2D eigenvalue weighted by Gasteiger charge is -2.19. The molecule has 0 bridgehead atoms. The van der Waals surface area contributed by atoms with E-state index in [1.54, 1.807) is 13.8 Å². The summed E-state index contributed by atoms with van der Waals surface area (Å²) in [6.07, 6.45) is 0. The second kappa shape index (κ2) is 9.44. The standard InChI is InChI=1S/C19H20ClN3O3S3/c1-3-23(4-2)29(25,26)13-9-10-14(20)16(11-13)21-18(24)12-27-19-22-15-7-5-6-8-17(15)28-19/h5-11H,3-4,12H2,1-2H3,(H,21,24). The van der Waals surface area contributed by atoms with Crippen LogP contribution in [0.25, 0.3) is 10.2 Å². The molecule has 0 saturated heterocycles. The predicted octanol–water partition coefficient (Wildman–Crippen LogP) is 4.71. The van der Waals surface area contributed by atoms with E-state index in [1.807, 2.05) is 24.3 Å². The highest BCUT2D eigenvalue weighted by atomic mass is 35.5. The molecule has 0 aliphatic carbocycles. The fourth-order valence-corrected chi connectivity index (χ4v) is 6.22. The van der Waals surface area contributed by atoms with Crippen molar-refractivity contribution in [2.24, 2.45) is 0 Å². The van der Waals surface area contributed by atoms with Crippen LogP contribution in [-0.4, -0.2) is 42.5 Å². The number of benzene rings is 2. The van der Waals surface area contributed by atoms with Crippen molar-refractivity contribution >= 4 is 66.5 Å². The third-order valence-electron chi connectivity index (χ3n) is 4.16. The number of carbonyl (C=O) groups excluding carboxylic acids is 1. The van der Waals surface area contributed by atoms with Crippen LogP contribution in [0.2, 0.25) is 5.02 Å². The van der Waals surface area contributed by atoms with E-state index in [2.05, 4.69) is 10.3 Å². The number of nitrogens with zero attached hydrogens (tertiary/aromatic N) is 2. The SMILES string of the molecule is CCN(CC)S(=O)(=O)c1ccc(Cl)c(NC(=O)CSc2nc3ccccc3s2)c1. The Morgan fingerprint density at radius 1 is 1.21 bits per heavy atom. The van der Waals surface area contributed by atoms with Crippen molar-refractivity contribution in [1.29, 1.82) is 0 Å². The van der Waals surface area contributed by atoms with Gasteiger partial charge in [0.25, 0.3) is 0 Å². The van der Waals surface area contributed by atoms with E-state index in [4.69, 9.17) is 11.6 Å². The van der Waals surface area contributed by atoms with Crippen molar-refractivity contribution in [3.05, 3.63) is 47.5 Å². The number of hydrogen-bond acceptors (Lipinski definition) is 6. The van der Waals surface area contributed by atoms with Crippen molar-refractivity contribution in [2.75, 3.05) is 24.2 Å². The Morgan fingerprint density at radius 2 is 1.93 bits per heavy atom. The predicted molar refractivity (Wildman–Crippen MR) is 121 cm³/mol. The van der Waals surface area contributed by atoms with Crippen LogP contribution in [0.15, 0.2) is 51.7 Å². The largest absolute Gasteiger partial charge is 0.324 e. The van der Waals surface area contributed by atoms with E-state index < -0.39 is 10.0 Å². The summed E-state index contributed by atoms with van der Waals surface area (Å²) in [5.41, 5.74) is 1.17. The van der Waals surface area contributed by atoms with Gasteiger partial charge in [-0.15, -0.1) is 11.3 Å². The molecule has 0 unspecified atom stereocenters. The monoisotopic (exact) mass is 469 g/mol. The first kappa shape index (κ1) is 22.0. The number of anilines is 1. The first-order valence-electron chi connectivity index (χ1n) is 8.93. The van der Waals surface area contributed by atoms with Gasteiger partial charge >= 0.3 is 0 Å². The first-order valence-corrected chi connectivity index (χ1v) is 12.5. The Bertz CT molecular complexity index is 1090. The Kier molecular flexibility index (Phi) is 7.18. The molecule has 0 saturated carbocycles. The minimum Gasteiger partial charge on any atom is -0.324 e. The molecule has 1 heterocycles. The summed E-state index contributed by atoms with van der Waals surface area (Å²) in [5, 5.41) is 2.98. The van der Waals surface area contributed by atoms with Gasteiger partial charge in [-0.05, 0) is 30.3 Å². The zero-order valence-corrected chi connectivity index (χ0v) is 19.1. The third-order valence-corrected chi connectivity index (χ3v) is 8.71. The minimum absolute atomic E-state index is 0.0970. The van der Waals surface area contributed by atoms with E-state index >= 15 is 0 Å². The number of para-hydroxylation sites is 1. The topological polar surface area (TPSA) is 79.4 Å². The maximum absolute atomic E-state index is 12.7. The van der Waals surface area contributed by atoms with Crippen LogP contribution in [0.1, 0.15) is 13.8 Å². The molecule has 3 aromatic rings. The van der Waals surface area contributed by atoms with Crippen molar-refractivity contribution in [1.82, 2.24) is 9.29 Å². The highest BCUT2D eigenvalue weighted by Gasteiger charge is 2.23. The number of halogens is 1. The molecule has 0 aliphatic rings. The molecule has 0 spiro atoms. The number of carbonyl (C=O) groups is 1. The van der Waals surface area contributed by atoms with Crippen LogP contribution in [-0.2, 0) is 14.8 Å².